The second-order valence-electron chi connectivity index (χ2n) is 4.42. The third-order valence-corrected chi connectivity index (χ3v) is 3.37. The molecule has 20 heavy (non-hydrogen) atoms. The quantitative estimate of drug-likeness (QED) is 0.892. The first kappa shape index (κ1) is 12.9. The summed E-state index contributed by atoms with van der Waals surface area (Å²) in [6.45, 7) is 1.10. The molecule has 0 bridgehead atoms. The number of ether oxygens (including phenoxy) is 2. The first-order chi connectivity index (χ1) is 9.66. The molecule has 1 aliphatic heterocycles. The van der Waals surface area contributed by atoms with Gasteiger partial charge in [0.25, 0.3) is 0 Å². The van der Waals surface area contributed by atoms with Gasteiger partial charge >= 0.3 is 5.97 Å². The zero-order valence-corrected chi connectivity index (χ0v) is 11.2. The van der Waals surface area contributed by atoms with Crippen molar-refractivity contribution < 1.29 is 19.4 Å². The largest absolute Gasteiger partial charge is 0.489 e. The molecule has 104 valence electrons. The number of carboxylic acid groups (broad SMARTS) is 1. The minimum Gasteiger partial charge on any atom is -0.489 e. The summed E-state index contributed by atoms with van der Waals surface area (Å²) in [4.78, 5) is 14.0. The van der Waals surface area contributed by atoms with Gasteiger partial charge in [0.15, 0.2) is 11.5 Å². The van der Waals surface area contributed by atoms with E-state index in [2.05, 4.69) is 4.98 Å². The number of nitrogens with one attached hydrogen (secondary N) is 1. The molecule has 2 heterocycles. The lowest BCUT2D eigenvalue weighted by Crippen LogP contribution is -1.97. The molecule has 0 saturated heterocycles. The molecule has 2 N–H and O–H groups in total. The first-order valence-corrected chi connectivity index (χ1v) is 6.54. The fourth-order valence-corrected chi connectivity index (χ4v) is 2.43. The maximum Gasteiger partial charge on any atom is 0.337 e. The van der Waals surface area contributed by atoms with E-state index in [-0.39, 0.29) is 5.56 Å². The average Bonchev–Trinajstić information content (AvgIpc) is 2.78. The van der Waals surface area contributed by atoms with Crippen LogP contribution in [-0.4, -0.2) is 29.3 Å². The maximum atomic E-state index is 11.2. The number of H-pyrrole nitrogens is 1. The van der Waals surface area contributed by atoms with Gasteiger partial charge < -0.3 is 19.6 Å². The van der Waals surface area contributed by atoms with Crippen LogP contribution in [0.5, 0.6) is 11.5 Å². The number of aromatic nitrogens is 1. The Morgan fingerprint density at radius 2 is 2.05 bits per heavy atom. The Morgan fingerprint density at radius 3 is 2.85 bits per heavy atom. The molecule has 5 nitrogen and oxygen atoms in total. The Labute approximate surface area is 120 Å². The zero-order valence-electron chi connectivity index (χ0n) is 10.5. The van der Waals surface area contributed by atoms with Crippen molar-refractivity contribution >= 4 is 17.6 Å². The number of hydrogen-bond acceptors (Lipinski definition) is 3. The lowest BCUT2D eigenvalue weighted by atomic mass is 10.0. The lowest BCUT2D eigenvalue weighted by molar-refractivity contribution is 0.0698. The van der Waals surface area contributed by atoms with Crippen molar-refractivity contribution in [3.8, 4) is 22.6 Å². The molecule has 2 aromatic rings. The highest BCUT2D eigenvalue weighted by atomic mass is 35.5. The number of carbonyl (C=O) groups is 1. The van der Waals surface area contributed by atoms with Crippen LogP contribution < -0.4 is 9.47 Å². The molecule has 1 aromatic carbocycles. The van der Waals surface area contributed by atoms with Gasteiger partial charge in [0.1, 0.15) is 0 Å². The molecule has 0 fully saturated rings. The van der Waals surface area contributed by atoms with Crippen molar-refractivity contribution in [2.45, 2.75) is 6.42 Å². The van der Waals surface area contributed by atoms with Gasteiger partial charge in [0.2, 0.25) is 0 Å². The Bertz CT molecular complexity index is 665. The van der Waals surface area contributed by atoms with Crippen molar-refractivity contribution in [1.29, 1.82) is 0 Å². The van der Waals surface area contributed by atoms with Crippen LogP contribution in [0, 0.1) is 0 Å². The van der Waals surface area contributed by atoms with Crippen molar-refractivity contribution in [1.82, 2.24) is 4.98 Å². The van der Waals surface area contributed by atoms with Gasteiger partial charge in [-0.2, -0.15) is 0 Å². The molecule has 0 spiro atoms. The molecule has 1 aliphatic rings. The third-order valence-electron chi connectivity index (χ3n) is 3.09. The summed E-state index contributed by atoms with van der Waals surface area (Å²) in [6, 6.07) is 3.44. The topological polar surface area (TPSA) is 71.5 Å². The van der Waals surface area contributed by atoms with Gasteiger partial charge in [0, 0.05) is 24.4 Å². The van der Waals surface area contributed by atoms with Gasteiger partial charge in [-0.05, 0) is 17.7 Å². The third kappa shape index (κ3) is 2.20. The summed E-state index contributed by atoms with van der Waals surface area (Å²) < 4.78 is 11.1. The molecule has 6 heteroatoms. The number of rotatable bonds is 2. The van der Waals surface area contributed by atoms with E-state index in [1.54, 1.807) is 18.3 Å². The number of hydrogen-bond donors (Lipinski definition) is 2. The molecule has 3 rings (SSSR count). The highest BCUT2D eigenvalue weighted by molar-refractivity contribution is 6.32. The standard InChI is InChI=1S/C14H12ClNO4/c15-11-4-8(9-6-16-7-10(9)14(17)18)5-12-13(11)20-3-1-2-19-12/h4-7,16H,1-3H2,(H,17,18). The van der Waals surface area contributed by atoms with Crippen molar-refractivity contribution in [2.75, 3.05) is 13.2 Å². The van der Waals surface area contributed by atoms with Crippen LogP contribution in [-0.2, 0) is 0 Å². The van der Waals surface area contributed by atoms with Gasteiger partial charge in [0.05, 0.1) is 23.8 Å². The Kier molecular flexibility index (Phi) is 3.28. The number of halogens is 1. The summed E-state index contributed by atoms with van der Waals surface area (Å²) in [5.41, 5.74) is 1.43. The van der Waals surface area contributed by atoms with Crippen molar-refractivity contribution in [3.05, 3.63) is 35.1 Å². The number of benzene rings is 1. The van der Waals surface area contributed by atoms with E-state index in [1.165, 1.54) is 6.20 Å². The summed E-state index contributed by atoms with van der Waals surface area (Å²) >= 11 is 6.21. The van der Waals surface area contributed by atoms with E-state index in [0.717, 1.165) is 6.42 Å². The van der Waals surface area contributed by atoms with E-state index < -0.39 is 5.97 Å². The molecule has 0 radical (unpaired) electrons. The fourth-order valence-electron chi connectivity index (χ4n) is 2.17. The molecule has 0 saturated carbocycles. The highest BCUT2D eigenvalue weighted by Crippen LogP contribution is 2.41. The van der Waals surface area contributed by atoms with Gasteiger partial charge in [-0.15, -0.1) is 0 Å². The minimum absolute atomic E-state index is 0.190. The maximum absolute atomic E-state index is 11.2. The minimum atomic E-state index is -0.996. The van der Waals surface area contributed by atoms with E-state index in [1.807, 2.05) is 0 Å². The van der Waals surface area contributed by atoms with E-state index in [4.69, 9.17) is 26.2 Å². The van der Waals surface area contributed by atoms with Crippen LogP contribution >= 0.6 is 11.6 Å². The zero-order chi connectivity index (χ0) is 14.1. The van der Waals surface area contributed by atoms with E-state index in [0.29, 0.717) is 40.9 Å². The number of aromatic amines is 1. The average molecular weight is 294 g/mol. The highest BCUT2D eigenvalue weighted by Gasteiger charge is 2.19. The SMILES string of the molecule is O=C(O)c1c[nH]cc1-c1cc(Cl)c2c(c1)OCCCO2. The van der Waals surface area contributed by atoms with Gasteiger partial charge in [-0.1, -0.05) is 11.6 Å². The smallest absolute Gasteiger partial charge is 0.337 e. The van der Waals surface area contributed by atoms with Crippen LogP contribution in [0.25, 0.3) is 11.1 Å². The summed E-state index contributed by atoms with van der Waals surface area (Å²) in [5, 5.41) is 9.57. The summed E-state index contributed by atoms with van der Waals surface area (Å²) in [6.07, 6.45) is 3.85. The molecular weight excluding hydrogens is 282 g/mol. The fraction of sp³-hybridized carbons (Fsp3) is 0.214. The predicted molar refractivity (Wildman–Crippen MR) is 73.8 cm³/mol. The number of aromatic carboxylic acids is 1. The first-order valence-electron chi connectivity index (χ1n) is 6.16. The second-order valence-corrected chi connectivity index (χ2v) is 4.83. The van der Waals surface area contributed by atoms with Crippen molar-refractivity contribution in [2.24, 2.45) is 0 Å². The second kappa shape index (κ2) is 5.09. The Morgan fingerprint density at radius 1 is 1.25 bits per heavy atom. The van der Waals surface area contributed by atoms with Gasteiger partial charge in [-0.3, -0.25) is 0 Å². The monoisotopic (exact) mass is 293 g/mol. The number of carboxylic acids is 1. The summed E-state index contributed by atoms with van der Waals surface area (Å²) in [7, 11) is 0. The van der Waals surface area contributed by atoms with Crippen LogP contribution in [0.3, 0.4) is 0 Å². The van der Waals surface area contributed by atoms with Crippen LogP contribution in [0.1, 0.15) is 16.8 Å². The van der Waals surface area contributed by atoms with Crippen molar-refractivity contribution in [3.63, 3.8) is 0 Å². The molecule has 0 amide bonds. The van der Waals surface area contributed by atoms with Crippen LogP contribution in [0.4, 0.5) is 0 Å². The van der Waals surface area contributed by atoms with Crippen LogP contribution in [0.2, 0.25) is 5.02 Å². The normalized spacial score (nSPS) is 13.8. The Hall–Kier alpha value is -2.14. The van der Waals surface area contributed by atoms with E-state index in [9.17, 15) is 4.79 Å². The van der Waals surface area contributed by atoms with Gasteiger partial charge in [-0.25, -0.2) is 4.79 Å². The molecular formula is C14H12ClNO4. The van der Waals surface area contributed by atoms with Crippen LogP contribution in [0.15, 0.2) is 24.5 Å². The summed E-state index contributed by atoms with van der Waals surface area (Å²) in [5.74, 6) is 0.0624. The molecule has 0 unspecified atom stereocenters. The van der Waals surface area contributed by atoms with E-state index >= 15 is 0 Å². The molecule has 1 aromatic heterocycles. The molecule has 0 aliphatic carbocycles. The molecule has 0 atom stereocenters. The lowest BCUT2D eigenvalue weighted by Gasteiger charge is -2.11. The number of fused-ring (bicyclic) bond motifs is 1. The Balaban J connectivity index is 2.11. The predicted octanol–water partition coefficient (Wildman–Crippen LogP) is 3.19.